The fourth-order valence-electron chi connectivity index (χ4n) is 2.17. The molecule has 2 aromatic rings. The first-order chi connectivity index (χ1) is 8.58. The second-order valence-corrected chi connectivity index (χ2v) is 4.87. The predicted molar refractivity (Wildman–Crippen MR) is 72.9 cm³/mol. The second kappa shape index (κ2) is 5.25. The maximum absolute atomic E-state index is 5.82. The Morgan fingerprint density at radius 3 is 2.72 bits per heavy atom. The number of benzene rings is 1. The van der Waals surface area contributed by atoms with Crippen molar-refractivity contribution in [1.29, 1.82) is 0 Å². The molecule has 0 aliphatic rings. The second-order valence-electron chi connectivity index (χ2n) is 4.87. The van der Waals surface area contributed by atoms with Gasteiger partial charge in [0.1, 0.15) is 18.2 Å². The van der Waals surface area contributed by atoms with Gasteiger partial charge < -0.3 is 9.30 Å². The molecule has 0 radical (unpaired) electrons. The van der Waals surface area contributed by atoms with Crippen LogP contribution in [0.2, 0.25) is 0 Å². The van der Waals surface area contributed by atoms with Gasteiger partial charge in [-0.05, 0) is 45.4 Å². The van der Waals surface area contributed by atoms with Gasteiger partial charge in [-0.25, -0.2) is 4.98 Å². The fraction of sp³-hybridized carbons (Fsp3) is 0.400. The summed E-state index contributed by atoms with van der Waals surface area (Å²) >= 11 is 0. The number of aromatic nitrogens is 2. The van der Waals surface area contributed by atoms with Crippen LogP contribution < -0.4 is 4.74 Å². The summed E-state index contributed by atoms with van der Waals surface area (Å²) in [7, 11) is 0. The first-order valence-corrected chi connectivity index (χ1v) is 6.30. The molecule has 1 aromatic heterocycles. The minimum atomic E-state index is 0.406. The van der Waals surface area contributed by atoms with E-state index in [2.05, 4.69) is 36.4 Å². The lowest BCUT2D eigenvalue weighted by atomic mass is 10.2. The Morgan fingerprint density at radius 1 is 1.28 bits per heavy atom. The van der Waals surface area contributed by atoms with Crippen molar-refractivity contribution in [2.75, 3.05) is 0 Å². The van der Waals surface area contributed by atoms with E-state index in [1.807, 2.05) is 31.3 Å². The first kappa shape index (κ1) is 12.7. The van der Waals surface area contributed by atoms with E-state index in [0.29, 0.717) is 12.6 Å². The number of ether oxygens (including phenoxy) is 1. The van der Waals surface area contributed by atoms with E-state index < -0.39 is 0 Å². The lowest BCUT2D eigenvalue weighted by molar-refractivity contribution is 0.291. The maximum Gasteiger partial charge on any atom is 0.130 e. The van der Waals surface area contributed by atoms with Crippen molar-refractivity contribution < 1.29 is 4.74 Å². The van der Waals surface area contributed by atoms with Crippen LogP contribution in [0.25, 0.3) is 0 Å². The van der Waals surface area contributed by atoms with Crippen LogP contribution in [-0.4, -0.2) is 9.55 Å². The quantitative estimate of drug-likeness (QED) is 0.820. The summed E-state index contributed by atoms with van der Waals surface area (Å²) in [6.45, 7) is 8.96. The third-order valence-corrected chi connectivity index (χ3v) is 2.95. The molecule has 0 spiro atoms. The van der Waals surface area contributed by atoms with Crippen LogP contribution in [0.4, 0.5) is 0 Å². The van der Waals surface area contributed by atoms with Crippen LogP contribution >= 0.6 is 0 Å². The SMILES string of the molecule is Cc1cccc(OCc2cnc(C)n2C(C)C)c1. The van der Waals surface area contributed by atoms with Crippen LogP contribution in [-0.2, 0) is 6.61 Å². The van der Waals surface area contributed by atoms with Crippen LogP contribution in [0.3, 0.4) is 0 Å². The van der Waals surface area contributed by atoms with Gasteiger partial charge in [0.2, 0.25) is 0 Å². The Morgan fingerprint density at radius 2 is 2.06 bits per heavy atom. The Hall–Kier alpha value is -1.77. The lowest BCUT2D eigenvalue weighted by Gasteiger charge is -2.14. The fourth-order valence-corrected chi connectivity index (χ4v) is 2.17. The van der Waals surface area contributed by atoms with E-state index in [1.54, 1.807) is 0 Å². The van der Waals surface area contributed by atoms with Crippen molar-refractivity contribution >= 4 is 0 Å². The summed E-state index contributed by atoms with van der Waals surface area (Å²) < 4.78 is 8.02. The third-order valence-electron chi connectivity index (χ3n) is 2.95. The van der Waals surface area contributed by atoms with Crippen LogP contribution in [0.15, 0.2) is 30.5 Å². The molecule has 0 saturated carbocycles. The van der Waals surface area contributed by atoms with E-state index in [9.17, 15) is 0 Å². The zero-order chi connectivity index (χ0) is 13.1. The van der Waals surface area contributed by atoms with Gasteiger partial charge in [0.05, 0.1) is 11.9 Å². The normalized spacial score (nSPS) is 10.9. The number of aryl methyl sites for hydroxylation is 2. The van der Waals surface area contributed by atoms with Crippen molar-refractivity contribution in [2.24, 2.45) is 0 Å². The van der Waals surface area contributed by atoms with Gasteiger partial charge in [-0.15, -0.1) is 0 Å². The van der Waals surface area contributed by atoms with Crippen molar-refractivity contribution in [3.8, 4) is 5.75 Å². The Labute approximate surface area is 108 Å². The molecule has 0 aliphatic heterocycles. The van der Waals surface area contributed by atoms with Crippen LogP contribution in [0, 0.1) is 13.8 Å². The molecule has 1 aromatic carbocycles. The minimum absolute atomic E-state index is 0.406. The summed E-state index contributed by atoms with van der Waals surface area (Å²) in [5.74, 6) is 1.94. The highest BCUT2D eigenvalue weighted by Gasteiger charge is 2.09. The monoisotopic (exact) mass is 244 g/mol. The highest BCUT2D eigenvalue weighted by molar-refractivity contribution is 5.27. The zero-order valence-corrected chi connectivity index (χ0v) is 11.5. The maximum atomic E-state index is 5.82. The highest BCUT2D eigenvalue weighted by Crippen LogP contribution is 2.17. The van der Waals surface area contributed by atoms with Crippen molar-refractivity contribution in [3.05, 3.63) is 47.5 Å². The molecular formula is C15H20N2O. The largest absolute Gasteiger partial charge is 0.487 e. The van der Waals surface area contributed by atoms with Gasteiger partial charge in [0.15, 0.2) is 0 Å². The number of imidazole rings is 1. The van der Waals surface area contributed by atoms with Gasteiger partial charge in [0, 0.05) is 6.04 Å². The van der Waals surface area contributed by atoms with Gasteiger partial charge in [-0.3, -0.25) is 0 Å². The Bertz CT molecular complexity index is 529. The molecule has 3 nitrogen and oxygen atoms in total. The molecular weight excluding hydrogens is 224 g/mol. The summed E-state index contributed by atoms with van der Waals surface area (Å²) in [6.07, 6.45) is 1.89. The molecule has 0 fully saturated rings. The molecule has 0 bridgehead atoms. The standard InChI is InChI=1S/C15H20N2O/c1-11(2)17-13(4)16-9-14(17)10-18-15-7-5-6-12(3)8-15/h5-9,11H,10H2,1-4H3. The molecule has 0 aliphatic carbocycles. The summed E-state index contributed by atoms with van der Waals surface area (Å²) in [5, 5.41) is 0. The molecule has 0 amide bonds. The van der Waals surface area contributed by atoms with E-state index >= 15 is 0 Å². The van der Waals surface area contributed by atoms with Gasteiger partial charge in [-0.2, -0.15) is 0 Å². The number of nitrogens with zero attached hydrogens (tertiary/aromatic N) is 2. The average molecular weight is 244 g/mol. The summed E-state index contributed by atoms with van der Waals surface area (Å²) in [4.78, 5) is 4.35. The van der Waals surface area contributed by atoms with Gasteiger partial charge >= 0.3 is 0 Å². The average Bonchev–Trinajstić information content (AvgIpc) is 2.68. The number of hydrogen-bond acceptors (Lipinski definition) is 2. The molecule has 0 unspecified atom stereocenters. The van der Waals surface area contributed by atoms with Crippen molar-refractivity contribution in [1.82, 2.24) is 9.55 Å². The third kappa shape index (κ3) is 2.73. The van der Waals surface area contributed by atoms with Crippen molar-refractivity contribution in [2.45, 2.75) is 40.3 Å². The van der Waals surface area contributed by atoms with E-state index in [-0.39, 0.29) is 0 Å². The first-order valence-electron chi connectivity index (χ1n) is 6.30. The molecule has 0 saturated heterocycles. The van der Waals surface area contributed by atoms with Gasteiger partial charge in [-0.1, -0.05) is 12.1 Å². The van der Waals surface area contributed by atoms with Crippen LogP contribution in [0.1, 0.15) is 37.0 Å². The van der Waals surface area contributed by atoms with E-state index in [0.717, 1.165) is 17.3 Å². The Kier molecular flexibility index (Phi) is 3.70. The molecule has 0 atom stereocenters. The van der Waals surface area contributed by atoms with Crippen molar-refractivity contribution in [3.63, 3.8) is 0 Å². The predicted octanol–water partition coefficient (Wildman–Crippen LogP) is 3.66. The van der Waals surface area contributed by atoms with E-state index in [1.165, 1.54) is 5.56 Å². The molecule has 96 valence electrons. The van der Waals surface area contributed by atoms with Crippen LogP contribution in [0.5, 0.6) is 5.75 Å². The smallest absolute Gasteiger partial charge is 0.130 e. The summed E-state index contributed by atoms with van der Waals surface area (Å²) in [5.41, 5.74) is 2.32. The highest BCUT2D eigenvalue weighted by atomic mass is 16.5. The molecule has 2 rings (SSSR count). The van der Waals surface area contributed by atoms with Gasteiger partial charge in [0.25, 0.3) is 0 Å². The lowest BCUT2D eigenvalue weighted by Crippen LogP contribution is -2.09. The molecule has 0 N–H and O–H groups in total. The topological polar surface area (TPSA) is 27.1 Å². The van der Waals surface area contributed by atoms with E-state index in [4.69, 9.17) is 4.74 Å². The molecule has 18 heavy (non-hydrogen) atoms. The molecule has 1 heterocycles. The Balaban J connectivity index is 2.11. The molecule has 3 heteroatoms. The summed E-state index contributed by atoms with van der Waals surface area (Å²) in [6, 6.07) is 8.51. The minimum Gasteiger partial charge on any atom is -0.487 e. The number of hydrogen-bond donors (Lipinski definition) is 0. The zero-order valence-electron chi connectivity index (χ0n) is 11.5. The number of rotatable bonds is 4.